The monoisotopic (exact) mass is 560 g/mol. The van der Waals surface area contributed by atoms with Crippen molar-refractivity contribution in [2.24, 2.45) is 7.05 Å². The van der Waals surface area contributed by atoms with Gasteiger partial charge in [0.25, 0.3) is 0 Å². The maximum Gasteiger partial charge on any atom is 0.147 e. The highest BCUT2D eigenvalue weighted by Crippen LogP contribution is 2.67. The molecule has 0 aliphatic carbocycles. The lowest BCUT2D eigenvalue weighted by Crippen LogP contribution is -2.81. The predicted octanol–water partition coefficient (Wildman–Crippen LogP) is 0.444. The van der Waals surface area contributed by atoms with E-state index in [9.17, 15) is 5.11 Å². The molecule has 4 aromatic rings. The quantitative estimate of drug-likeness (QED) is 0.244. The van der Waals surface area contributed by atoms with Crippen molar-refractivity contribution in [2.45, 2.75) is 47.1 Å². The number of hydrogen-bond acceptors (Lipinski definition) is 7. The second-order valence-electron chi connectivity index (χ2n) is 13.3. The molecule has 4 unspecified atom stereocenters. The van der Waals surface area contributed by atoms with E-state index >= 15 is 0 Å². The molecular formula is C28H37B5N6OS. The van der Waals surface area contributed by atoms with Gasteiger partial charge in [0.2, 0.25) is 0 Å². The highest BCUT2D eigenvalue weighted by molar-refractivity contribution is 7.83. The van der Waals surface area contributed by atoms with Gasteiger partial charge in [0.05, 0.1) is 23.8 Å². The number of rotatable bonds is 5. The van der Waals surface area contributed by atoms with Crippen molar-refractivity contribution >= 4 is 80.0 Å². The summed E-state index contributed by atoms with van der Waals surface area (Å²) in [5, 5.41) is 16.7. The molecule has 4 heterocycles. The Morgan fingerprint density at radius 3 is 2.34 bits per heavy atom. The summed E-state index contributed by atoms with van der Waals surface area (Å²) in [4.78, 5) is 15.8. The Hall–Kier alpha value is -3.04. The van der Waals surface area contributed by atoms with Gasteiger partial charge in [-0.1, -0.05) is 30.8 Å². The maximum atomic E-state index is 12.0. The molecule has 7 nitrogen and oxygen atoms in total. The highest BCUT2D eigenvalue weighted by atomic mass is 32.1. The minimum Gasteiger partial charge on any atom is -0.389 e. The molecule has 1 fully saturated rings. The van der Waals surface area contributed by atoms with Gasteiger partial charge >= 0.3 is 0 Å². The number of anilines is 2. The van der Waals surface area contributed by atoms with E-state index < -0.39 is 26.3 Å². The number of piperidine rings is 1. The Kier molecular flexibility index (Phi) is 6.82. The van der Waals surface area contributed by atoms with Crippen LogP contribution in [0.25, 0.3) is 27.7 Å². The normalized spacial score (nSPS) is 29.4. The zero-order valence-corrected chi connectivity index (χ0v) is 26.5. The van der Waals surface area contributed by atoms with Crippen LogP contribution >= 0.6 is 12.6 Å². The first-order valence-electron chi connectivity index (χ1n) is 14.0. The van der Waals surface area contributed by atoms with Gasteiger partial charge in [0, 0.05) is 51.9 Å². The highest BCUT2D eigenvalue weighted by Gasteiger charge is 2.69. The number of imidazole rings is 1. The fourth-order valence-corrected chi connectivity index (χ4v) is 7.11. The Morgan fingerprint density at radius 1 is 0.976 bits per heavy atom. The van der Waals surface area contributed by atoms with Crippen LogP contribution < -0.4 is 10.2 Å². The van der Waals surface area contributed by atoms with E-state index in [0.717, 1.165) is 33.4 Å². The summed E-state index contributed by atoms with van der Waals surface area (Å²) in [7, 11) is 12.6. The number of nitrogens with one attached hydrogen (secondary N) is 1. The number of nitrogens with zero attached hydrogens (tertiary/aromatic N) is 5. The van der Waals surface area contributed by atoms with E-state index in [4.69, 9.17) is 17.6 Å². The van der Waals surface area contributed by atoms with E-state index in [-0.39, 0.29) is 0 Å². The number of pyridine rings is 2. The maximum absolute atomic E-state index is 12.0. The molecule has 41 heavy (non-hydrogen) atoms. The van der Waals surface area contributed by atoms with Crippen molar-refractivity contribution < 1.29 is 5.11 Å². The Labute approximate surface area is 253 Å². The van der Waals surface area contributed by atoms with Crippen LogP contribution in [0.2, 0.25) is 10.5 Å². The minimum absolute atomic E-state index is 0.390. The predicted molar refractivity (Wildman–Crippen MR) is 188 cm³/mol. The number of aryl methyl sites for hydroxylation is 1. The largest absolute Gasteiger partial charge is 0.389 e. The first kappa shape index (κ1) is 29.5. The summed E-state index contributed by atoms with van der Waals surface area (Å²) < 4.78 is 1.37. The molecule has 5 rings (SSSR count). The number of aliphatic hydroxyl groups is 1. The van der Waals surface area contributed by atoms with Crippen LogP contribution in [0.5, 0.6) is 0 Å². The van der Waals surface area contributed by atoms with Gasteiger partial charge in [-0.2, -0.15) is 12.6 Å². The lowest BCUT2D eigenvalue weighted by atomic mass is 9.23. The Morgan fingerprint density at radius 2 is 1.68 bits per heavy atom. The van der Waals surface area contributed by atoms with Crippen molar-refractivity contribution in [1.82, 2.24) is 19.5 Å². The van der Waals surface area contributed by atoms with E-state index in [2.05, 4.69) is 98.0 Å². The SMILES string of the molecule is BC1(C)N(c2cc(C(=C)Nc3cc4cc(-c5cncn5C)ccc4cn3)ccn2)C(B)(S)C(B)(C)C(B)(B)C1(C)O. The number of thiol groups is 1. The fraction of sp³-hybridized carbons (Fsp3) is 0.321. The number of aromatic nitrogens is 4. The first-order valence-corrected chi connectivity index (χ1v) is 14.4. The van der Waals surface area contributed by atoms with E-state index in [1.807, 2.05) is 49.1 Å². The van der Waals surface area contributed by atoms with Gasteiger partial charge in [0.15, 0.2) is 0 Å². The van der Waals surface area contributed by atoms with Crippen LogP contribution in [0, 0.1) is 0 Å². The van der Waals surface area contributed by atoms with Crippen molar-refractivity contribution in [2.75, 3.05) is 10.2 Å². The molecule has 0 amide bonds. The van der Waals surface area contributed by atoms with E-state index in [1.165, 1.54) is 0 Å². The average molecular weight is 560 g/mol. The van der Waals surface area contributed by atoms with Crippen LogP contribution in [0.3, 0.4) is 0 Å². The van der Waals surface area contributed by atoms with Crippen molar-refractivity contribution in [3.05, 3.63) is 73.5 Å². The third kappa shape index (κ3) is 4.26. The molecule has 1 aliphatic heterocycles. The summed E-state index contributed by atoms with van der Waals surface area (Å²) in [5.74, 6) is 1.43. The van der Waals surface area contributed by atoms with Crippen molar-refractivity contribution in [3.8, 4) is 11.3 Å². The molecule has 0 spiro atoms. The van der Waals surface area contributed by atoms with Gasteiger partial charge in [-0.05, 0) is 48.8 Å². The topological polar surface area (TPSA) is 79.1 Å². The van der Waals surface area contributed by atoms with Gasteiger partial charge in [-0.3, -0.25) is 0 Å². The summed E-state index contributed by atoms with van der Waals surface area (Å²) in [5.41, 5.74) is 1.98. The number of benzene rings is 1. The van der Waals surface area contributed by atoms with Gasteiger partial charge in [-0.25, -0.2) is 15.0 Å². The zero-order valence-electron chi connectivity index (χ0n) is 25.6. The molecule has 0 bridgehead atoms. The second-order valence-corrected chi connectivity index (χ2v) is 14.1. The average Bonchev–Trinajstić information content (AvgIpc) is 3.33. The third-order valence-electron chi connectivity index (χ3n) is 10.6. The lowest BCUT2D eigenvalue weighted by molar-refractivity contribution is -0.0369. The second kappa shape index (κ2) is 9.49. The molecule has 1 saturated heterocycles. The molecule has 0 radical (unpaired) electrons. The van der Waals surface area contributed by atoms with Crippen LogP contribution in [0.15, 0.2) is 67.9 Å². The summed E-state index contributed by atoms with van der Waals surface area (Å²) in [6.07, 6.45) is 7.32. The standard InChI is InChI=1S/C28H37B5N6OS/c1-16(37-22-11-20-10-18(6-7-19(20)13-36-22)21-14-34-15-38(21)5)17-8-9-35-23(12-17)39-26(4,30)25(3,40)27(31,32)24(2,29)28(39,33)41/h6-15,40-41H,1,29-33H2,2-5H3,(H,36,37). The van der Waals surface area contributed by atoms with Crippen LogP contribution in [0.1, 0.15) is 26.3 Å². The smallest absolute Gasteiger partial charge is 0.147 e. The molecule has 1 aliphatic rings. The van der Waals surface area contributed by atoms with E-state index in [0.29, 0.717) is 11.5 Å². The third-order valence-corrected chi connectivity index (χ3v) is 11.3. The van der Waals surface area contributed by atoms with Crippen molar-refractivity contribution in [1.29, 1.82) is 0 Å². The van der Waals surface area contributed by atoms with E-state index in [1.54, 1.807) is 12.5 Å². The Bertz CT molecular complexity index is 1640. The number of hydrogen-bond donors (Lipinski definition) is 3. The molecule has 1 aromatic carbocycles. The molecule has 2 N–H and O–H groups in total. The zero-order chi connectivity index (χ0) is 30.2. The molecule has 0 saturated carbocycles. The van der Waals surface area contributed by atoms with Crippen molar-refractivity contribution in [3.63, 3.8) is 0 Å². The fourth-order valence-electron chi connectivity index (χ4n) is 6.48. The molecule has 3 aromatic heterocycles. The van der Waals surface area contributed by atoms with Gasteiger partial charge in [0.1, 0.15) is 50.9 Å². The molecular weight excluding hydrogens is 522 g/mol. The first-order chi connectivity index (χ1) is 18.9. The van der Waals surface area contributed by atoms with Gasteiger partial charge in [-0.15, -0.1) is 0 Å². The van der Waals surface area contributed by atoms with Crippen LogP contribution in [-0.2, 0) is 7.05 Å². The summed E-state index contributed by atoms with van der Waals surface area (Å²) in [6, 6.07) is 12.3. The van der Waals surface area contributed by atoms with Crippen LogP contribution in [0.4, 0.5) is 11.6 Å². The molecule has 206 valence electrons. The van der Waals surface area contributed by atoms with Gasteiger partial charge < -0.3 is 19.9 Å². The lowest BCUT2D eigenvalue weighted by Gasteiger charge is -2.74. The minimum atomic E-state index is -1.05. The van der Waals surface area contributed by atoms with Crippen LogP contribution in [-0.4, -0.2) is 79.7 Å². The Balaban J connectivity index is 1.48. The summed E-state index contributed by atoms with van der Waals surface area (Å²) >= 11 is 5.27. The summed E-state index contributed by atoms with van der Waals surface area (Å²) in [6.45, 7) is 10.5. The molecule has 13 heteroatoms. The number of fused-ring (bicyclic) bond motifs is 1. The molecule has 4 atom stereocenters.